The van der Waals surface area contributed by atoms with Crippen LogP contribution in [0.1, 0.15) is 20.8 Å². The smallest absolute Gasteiger partial charge is 0.410 e. The minimum atomic E-state index is -0.543. The number of piperazine rings is 1. The van der Waals surface area contributed by atoms with Gasteiger partial charge in [0.15, 0.2) is 17.3 Å². The minimum absolute atomic E-state index is 0.0283. The molecule has 1 aliphatic heterocycles. The maximum absolute atomic E-state index is 12.0. The molecule has 0 spiro atoms. The van der Waals surface area contributed by atoms with Gasteiger partial charge in [0.05, 0.1) is 0 Å². The Kier molecular flexibility index (Phi) is 4.52. The van der Waals surface area contributed by atoms with Crippen LogP contribution in [0.5, 0.6) is 0 Å². The van der Waals surface area contributed by atoms with Gasteiger partial charge in [0, 0.05) is 26.2 Å². The number of nitroso groups, excluding NO2 is 1. The Balaban J connectivity index is 2.08. The van der Waals surface area contributed by atoms with Crippen molar-refractivity contribution in [2.24, 2.45) is 5.18 Å². The summed E-state index contributed by atoms with van der Waals surface area (Å²) in [5, 5.41) is 2.89. The molecule has 10 nitrogen and oxygen atoms in total. The number of aromatic nitrogens is 2. The maximum Gasteiger partial charge on any atom is 0.410 e. The number of hydrogen-bond donors (Lipinski definition) is 2. The van der Waals surface area contributed by atoms with Crippen LogP contribution in [0.3, 0.4) is 0 Å². The highest BCUT2D eigenvalue weighted by Crippen LogP contribution is 2.32. The number of rotatable bonds is 2. The fourth-order valence-corrected chi connectivity index (χ4v) is 2.21. The van der Waals surface area contributed by atoms with E-state index in [1.807, 2.05) is 20.8 Å². The summed E-state index contributed by atoms with van der Waals surface area (Å²) in [6, 6.07) is 0. The number of amides is 1. The largest absolute Gasteiger partial charge is 0.444 e. The second-order valence-electron chi connectivity index (χ2n) is 6.18. The van der Waals surface area contributed by atoms with Crippen LogP contribution in [0.2, 0.25) is 0 Å². The molecule has 1 aromatic heterocycles. The van der Waals surface area contributed by atoms with Gasteiger partial charge < -0.3 is 26.0 Å². The van der Waals surface area contributed by atoms with Crippen molar-refractivity contribution in [2.45, 2.75) is 26.4 Å². The first-order chi connectivity index (χ1) is 10.7. The monoisotopic (exact) mass is 323 g/mol. The Morgan fingerprint density at radius 3 is 2.30 bits per heavy atom. The van der Waals surface area contributed by atoms with Crippen LogP contribution in [-0.2, 0) is 4.74 Å². The number of nitrogens with zero attached hydrogens (tertiary/aromatic N) is 5. The first-order valence-corrected chi connectivity index (χ1v) is 7.20. The molecule has 1 amide bonds. The quantitative estimate of drug-likeness (QED) is 0.771. The molecule has 1 saturated heterocycles. The average Bonchev–Trinajstić information content (AvgIpc) is 2.45. The molecule has 4 N–H and O–H groups in total. The van der Waals surface area contributed by atoms with Gasteiger partial charge in [0.1, 0.15) is 5.60 Å². The van der Waals surface area contributed by atoms with E-state index in [0.717, 1.165) is 0 Å². The first-order valence-electron chi connectivity index (χ1n) is 7.20. The highest BCUT2D eigenvalue weighted by molar-refractivity contribution is 5.75. The van der Waals surface area contributed by atoms with E-state index in [9.17, 15) is 9.70 Å². The van der Waals surface area contributed by atoms with Crippen LogP contribution >= 0.6 is 0 Å². The van der Waals surface area contributed by atoms with Crippen LogP contribution in [0.25, 0.3) is 0 Å². The number of carbonyl (C=O) groups excluding carboxylic acids is 1. The fraction of sp³-hybridized carbons (Fsp3) is 0.615. The summed E-state index contributed by atoms with van der Waals surface area (Å²) >= 11 is 0. The van der Waals surface area contributed by atoms with Crippen molar-refractivity contribution in [2.75, 3.05) is 42.5 Å². The van der Waals surface area contributed by atoms with Crippen molar-refractivity contribution >= 4 is 29.4 Å². The predicted octanol–water partition coefficient (Wildman–Crippen LogP) is 1.10. The molecule has 1 fully saturated rings. The molecule has 10 heteroatoms. The Morgan fingerprint density at radius 1 is 1.17 bits per heavy atom. The van der Waals surface area contributed by atoms with Crippen molar-refractivity contribution in [1.82, 2.24) is 14.9 Å². The maximum atomic E-state index is 12.0. The lowest BCUT2D eigenvalue weighted by molar-refractivity contribution is 0.0240. The Bertz CT molecular complexity index is 606. The van der Waals surface area contributed by atoms with Crippen molar-refractivity contribution in [3.63, 3.8) is 0 Å². The van der Waals surface area contributed by atoms with Gasteiger partial charge in [-0.2, -0.15) is 9.97 Å². The zero-order valence-electron chi connectivity index (χ0n) is 13.4. The summed E-state index contributed by atoms with van der Waals surface area (Å²) in [7, 11) is 0. The van der Waals surface area contributed by atoms with Gasteiger partial charge in [-0.15, -0.1) is 4.91 Å². The second-order valence-corrected chi connectivity index (χ2v) is 6.18. The molecule has 0 aromatic carbocycles. The number of nitrogen functional groups attached to an aromatic ring is 2. The molecule has 1 aromatic rings. The third-order valence-corrected chi connectivity index (χ3v) is 3.23. The molecule has 1 aliphatic rings. The van der Waals surface area contributed by atoms with Gasteiger partial charge in [-0.05, 0) is 25.9 Å². The summed E-state index contributed by atoms with van der Waals surface area (Å²) in [6.45, 7) is 7.21. The van der Waals surface area contributed by atoms with Gasteiger partial charge in [0.2, 0.25) is 5.95 Å². The van der Waals surface area contributed by atoms with Crippen LogP contribution < -0.4 is 16.4 Å². The van der Waals surface area contributed by atoms with E-state index in [2.05, 4.69) is 15.1 Å². The van der Waals surface area contributed by atoms with E-state index in [1.54, 1.807) is 9.80 Å². The van der Waals surface area contributed by atoms with Gasteiger partial charge in [-0.3, -0.25) is 0 Å². The highest BCUT2D eigenvalue weighted by atomic mass is 16.6. The first kappa shape index (κ1) is 16.7. The molecule has 0 radical (unpaired) electrons. The second kappa shape index (κ2) is 6.23. The SMILES string of the molecule is CC(C)(C)OC(=O)N1CCN(c2nc(N)nc(N)c2N=O)CC1. The summed E-state index contributed by atoms with van der Waals surface area (Å²) in [5.41, 5.74) is 10.6. The Labute approximate surface area is 133 Å². The molecule has 2 heterocycles. The Morgan fingerprint density at radius 2 is 1.78 bits per heavy atom. The molecule has 0 saturated carbocycles. The number of anilines is 3. The number of hydrogen-bond acceptors (Lipinski definition) is 9. The summed E-state index contributed by atoms with van der Waals surface area (Å²) in [6.07, 6.45) is -0.368. The van der Waals surface area contributed by atoms with E-state index in [1.165, 1.54) is 0 Å². The van der Waals surface area contributed by atoms with E-state index in [-0.39, 0.29) is 29.4 Å². The van der Waals surface area contributed by atoms with Crippen LogP contribution in [0.15, 0.2) is 5.18 Å². The molecule has 0 bridgehead atoms. The van der Waals surface area contributed by atoms with Gasteiger partial charge in [-0.1, -0.05) is 0 Å². The molecule has 2 rings (SSSR count). The minimum Gasteiger partial charge on any atom is -0.444 e. The number of ether oxygens (including phenoxy) is 1. The molecule has 126 valence electrons. The normalized spacial score (nSPS) is 15.4. The molecule has 0 unspecified atom stereocenters. The molecule has 0 aliphatic carbocycles. The summed E-state index contributed by atoms with van der Waals surface area (Å²) in [4.78, 5) is 34.2. The topological polar surface area (TPSA) is 140 Å². The lowest BCUT2D eigenvalue weighted by atomic mass is 10.2. The highest BCUT2D eigenvalue weighted by Gasteiger charge is 2.28. The van der Waals surface area contributed by atoms with Crippen molar-refractivity contribution in [1.29, 1.82) is 0 Å². The molecule has 23 heavy (non-hydrogen) atoms. The van der Waals surface area contributed by atoms with Crippen LogP contribution in [0.4, 0.5) is 28.1 Å². The van der Waals surface area contributed by atoms with E-state index in [0.29, 0.717) is 26.2 Å². The average molecular weight is 323 g/mol. The van der Waals surface area contributed by atoms with Crippen molar-refractivity contribution in [3.8, 4) is 0 Å². The van der Waals surface area contributed by atoms with Crippen molar-refractivity contribution in [3.05, 3.63) is 4.91 Å². The lowest BCUT2D eigenvalue weighted by Crippen LogP contribution is -2.50. The molecular formula is C13H21N7O3. The summed E-state index contributed by atoms with van der Waals surface area (Å²) < 4.78 is 5.34. The third-order valence-electron chi connectivity index (χ3n) is 3.23. The number of nitrogens with two attached hydrogens (primary N) is 2. The zero-order chi connectivity index (χ0) is 17.2. The fourth-order valence-electron chi connectivity index (χ4n) is 2.21. The van der Waals surface area contributed by atoms with Crippen molar-refractivity contribution < 1.29 is 9.53 Å². The lowest BCUT2D eigenvalue weighted by Gasteiger charge is -2.36. The van der Waals surface area contributed by atoms with E-state index >= 15 is 0 Å². The van der Waals surface area contributed by atoms with Crippen LogP contribution in [-0.4, -0.2) is 52.7 Å². The van der Waals surface area contributed by atoms with Gasteiger partial charge in [0.25, 0.3) is 0 Å². The zero-order valence-corrected chi connectivity index (χ0v) is 13.4. The third kappa shape index (κ3) is 3.96. The van der Waals surface area contributed by atoms with E-state index in [4.69, 9.17) is 16.2 Å². The Hall–Kier alpha value is -2.65. The van der Waals surface area contributed by atoms with Gasteiger partial charge >= 0.3 is 6.09 Å². The standard InChI is InChI=1S/C13H21N7O3/c1-13(2,3)23-12(21)20-6-4-19(5-7-20)10-8(18-22)9(14)16-11(15)17-10/h4-7H2,1-3H3,(H4,14,15,16,17). The number of carbonyl (C=O) groups is 1. The van der Waals surface area contributed by atoms with Gasteiger partial charge in [-0.25, -0.2) is 4.79 Å². The summed E-state index contributed by atoms with van der Waals surface area (Å²) in [5.74, 6) is 0.199. The van der Waals surface area contributed by atoms with Crippen LogP contribution in [0, 0.1) is 4.91 Å². The molecule has 0 atom stereocenters. The predicted molar refractivity (Wildman–Crippen MR) is 86.3 cm³/mol. The van der Waals surface area contributed by atoms with E-state index < -0.39 is 5.60 Å². The molecular weight excluding hydrogens is 302 g/mol.